The number of nitrogens with zero attached hydrogens (tertiary/aromatic N) is 2. The standard InChI is InChI=1S/C19H16N2OS/c22-19(21-12-6-10-14-7-4-5-11-17(14)21)16-13-23-18(20-16)15-8-2-1-3-9-15/h1-5,7-9,11,13H,6,10,12H2. The molecule has 1 amide bonds. The van der Waals surface area contributed by atoms with E-state index in [1.165, 1.54) is 16.9 Å². The minimum Gasteiger partial charge on any atom is -0.307 e. The molecule has 2 heterocycles. The molecule has 4 rings (SSSR count). The van der Waals surface area contributed by atoms with Gasteiger partial charge in [0.2, 0.25) is 0 Å². The van der Waals surface area contributed by atoms with Crippen molar-refractivity contribution in [1.29, 1.82) is 0 Å². The Morgan fingerprint density at radius 2 is 1.83 bits per heavy atom. The van der Waals surface area contributed by atoms with E-state index in [1.807, 2.05) is 58.8 Å². The van der Waals surface area contributed by atoms with Gasteiger partial charge in [0.05, 0.1) is 0 Å². The minimum atomic E-state index is -0.00409. The summed E-state index contributed by atoms with van der Waals surface area (Å²) in [7, 11) is 0. The van der Waals surface area contributed by atoms with E-state index >= 15 is 0 Å². The molecule has 114 valence electrons. The Morgan fingerprint density at radius 3 is 2.70 bits per heavy atom. The molecule has 1 aromatic heterocycles. The zero-order valence-corrected chi connectivity index (χ0v) is 13.4. The van der Waals surface area contributed by atoms with E-state index in [1.54, 1.807) is 0 Å². The first-order chi connectivity index (χ1) is 11.3. The fourth-order valence-corrected chi connectivity index (χ4v) is 3.77. The van der Waals surface area contributed by atoms with Gasteiger partial charge in [-0.05, 0) is 24.5 Å². The quantitative estimate of drug-likeness (QED) is 0.701. The van der Waals surface area contributed by atoms with E-state index in [4.69, 9.17) is 0 Å². The zero-order chi connectivity index (χ0) is 15.6. The molecule has 0 unspecified atom stereocenters. The van der Waals surface area contributed by atoms with Crippen molar-refractivity contribution in [1.82, 2.24) is 4.98 Å². The number of carbonyl (C=O) groups excluding carboxylic acids is 1. The summed E-state index contributed by atoms with van der Waals surface area (Å²) in [4.78, 5) is 19.3. The third-order valence-corrected chi connectivity index (χ3v) is 4.99. The predicted octanol–water partition coefficient (Wildman–Crippen LogP) is 4.40. The maximum absolute atomic E-state index is 12.9. The lowest BCUT2D eigenvalue weighted by Gasteiger charge is -2.28. The van der Waals surface area contributed by atoms with Gasteiger partial charge in [0.15, 0.2) is 0 Å². The number of aromatic nitrogens is 1. The van der Waals surface area contributed by atoms with Crippen molar-refractivity contribution in [3.63, 3.8) is 0 Å². The Balaban J connectivity index is 1.65. The summed E-state index contributed by atoms with van der Waals surface area (Å²) in [6.07, 6.45) is 2.03. The maximum Gasteiger partial charge on any atom is 0.277 e. The van der Waals surface area contributed by atoms with Crippen molar-refractivity contribution in [3.05, 3.63) is 71.2 Å². The summed E-state index contributed by atoms with van der Waals surface area (Å²) < 4.78 is 0. The second-order valence-corrected chi connectivity index (χ2v) is 6.45. The molecule has 2 aromatic carbocycles. The number of anilines is 1. The van der Waals surface area contributed by atoms with Crippen LogP contribution in [0.3, 0.4) is 0 Å². The second kappa shape index (κ2) is 5.97. The summed E-state index contributed by atoms with van der Waals surface area (Å²) in [5.41, 5.74) is 3.85. The molecule has 0 radical (unpaired) electrons. The Hall–Kier alpha value is -2.46. The number of benzene rings is 2. The highest BCUT2D eigenvalue weighted by atomic mass is 32.1. The van der Waals surface area contributed by atoms with Crippen LogP contribution >= 0.6 is 11.3 Å². The molecule has 4 heteroatoms. The van der Waals surface area contributed by atoms with Gasteiger partial charge in [-0.3, -0.25) is 4.79 Å². The third kappa shape index (κ3) is 2.66. The maximum atomic E-state index is 12.9. The molecule has 3 nitrogen and oxygen atoms in total. The summed E-state index contributed by atoms with van der Waals surface area (Å²) in [6.45, 7) is 0.758. The van der Waals surface area contributed by atoms with Gasteiger partial charge in [-0.25, -0.2) is 4.98 Å². The van der Waals surface area contributed by atoms with Crippen molar-refractivity contribution in [2.45, 2.75) is 12.8 Å². The van der Waals surface area contributed by atoms with Crippen molar-refractivity contribution < 1.29 is 4.79 Å². The Bertz CT molecular complexity index is 841. The zero-order valence-electron chi connectivity index (χ0n) is 12.6. The van der Waals surface area contributed by atoms with Crippen LogP contribution in [0.1, 0.15) is 22.5 Å². The van der Waals surface area contributed by atoms with Crippen LogP contribution in [-0.2, 0) is 6.42 Å². The monoisotopic (exact) mass is 320 g/mol. The molecule has 3 aromatic rings. The van der Waals surface area contributed by atoms with Crippen molar-refractivity contribution in [2.75, 3.05) is 11.4 Å². The molecule has 0 saturated heterocycles. The van der Waals surface area contributed by atoms with Gasteiger partial charge in [0.25, 0.3) is 5.91 Å². The predicted molar refractivity (Wildman–Crippen MR) is 94.0 cm³/mol. The number of hydrogen-bond acceptors (Lipinski definition) is 3. The van der Waals surface area contributed by atoms with Crippen LogP contribution in [0.4, 0.5) is 5.69 Å². The van der Waals surface area contributed by atoms with Gasteiger partial charge < -0.3 is 4.90 Å². The number of thiazole rings is 1. The fraction of sp³-hybridized carbons (Fsp3) is 0.158. The summed E-state index contributed by atoms with van der Waals surface area (Å²) in [6, 6.07) is 18.1. The van der Waals surface area contributed by atoms with Crippen molar-refractivity contribution in [3.8, 4) is 10.6 Å². The smallest absolute Gasteiger partial charge is 0.277 e. The molecule has 1 aliphatic heterocycles. The molecule has 0 spiro atoms. The molecule has 23 heavy (non-hydrogen) atoms. The minimum absolute atomic E-state index is 0.00409. The third-order valence-electron chi connectivity index (χ3n) is 4.10. The Labute approximate surface area is 139 Å². The molecule has 0 saturated carbocycles. The average molecular weight is 320 g/mol. The Kier molecular flexibility index (Phi) is 3.67. The van der Waals surface area contributed by atoms with Crippen molar-refractivity contribution in [2.24, 2.45) is 0 Å². The van der Waals surface area contributed by atoms with Gasteiger partial charge in [-0.1, -0.05) is 48.5 Å². The van der Waals surface area contributed by atoms with Crippen molar-refractivity contribution >= 4 is 22.9 Å². The fourth-order valence-electron chi connectivity index (χ4n) is 2.97. The first kappa shape index (κ1) is 14.2. The molecule has 1 aliphatic rings. The molecular formula is C19H16N2OS. The van der Waals surface area contributed by atoms with Gasteiger partial charge in [0, 0.05) is 23.2 Å². The summed E-state index contributed by atoms with van der Waals surface area (Å²) in [5, 5.41) is 2.75. The molecule has 0 N–H and O–H groups in total. The van der Waals surface area contributed by atoms with Crippen LogP contribution in [0.15, 0.2) is 60.0 Å². The number of carbonyl (C=O) groups is 1. The number of hydrogen-bond donors (Lipinski definition) is 0. The van der Waals surface area contributed by atoms with E-state index in [0.29, 0.717) is 5.69 Å². The highest BCUT2D eigenvalue weighted by molar-refractivity contribution is 7.13. The number of fused-ring (bicyclic) bond motifs is 1. The van der Waals surface area contributed by atoms with Crippen LogP contribution in [0, 0.1) is 0 Å². The van der Waals surface area contributed by atoms with Crippen LogP contribution in [0.2, 0.25) is 0 Å². The molecule has 0 bridgehead atoms. The highest BCUT2D eigenvalue weighted by Gasteiger charge is 2.25. The van der Waals surface area contributed by atoms with E-state index < -0.39 is 0 Å². The van der Waals surface area contributed by atoms with Crippen LogP contribution < -0.4 is 4.90 Å². The molecular weight excluding hydrogens is 304 g/mol. The van der Waals surface area contributed by atoms with Gasteiger partial charge in [-0.2, -0.15) is 0 Å². The molecule has 0 atom stereocenters. The lowest BCUT2D eigenvalue weighted by atomic mass is 10.0. The largest absolute Gasteiger partial charge is 0.307 e. The van der Waals surface area contributed by atoms with Crippen LogP contribution in [0.5, 0.6) is 0 Å². The lowest BCUT2D eigenvalue weighted by molar-refractivity contribution is 0.0981. The normalized spacial score (nSPS) is 13.7. The SMILES string of the molecule is O=C(c1csc(-c2ccccc2)n1)N1CCCc2ccccc21. The second-order valence-electron chi connectivity index (χ2n) is 5.59. The first-order valence-corrected chi connectivity index (χ1v) is 8.61. The van der Waals surface area contributed by atoms with E-state index in [2.05, 4.69) is 11.1 Å². The lowest BCUT2D eigenvalue weighted by Crippen LogP contribution is -2.35. The van der Waals surface area contributed by atoms with Crippen LogP contribution in [0.25, 0.3) is 10.6 Å². The molecule has 0 aliphatic carbocycles. The van der Waals surface area contributed by atoms with Gasteiger partial charge in [0.1, 0.15) is 10.7 Å². The van der Waals surface area contributed by atoms with E-state index in [9.17, 15) is 4.79 Å². The number of rotatable bonds is 2. The van der Waals surface area contributed by atoms with E-state index in [-0.39, 0.29) is 5.91 Å². The molecule has 0 fully saturated rings. The summed E-state index contributed by atoms with van der Waals surface area (Å²) >= 11 is 1.52. The Morgan fingerprint density at radius 1 is 1.04 bits per heavy atom. The van der Waals surface area contributed by atoms with Gasteiger partial charge in [-0.15, -0.1) is 11.3 Å². The number of amides is 1. The number of aryl methyl sites for hydroxylation is 1. The first-order valence-electron chi connectivity index (χ1n) is 7.73. The highest BCUT2D eigenvalue weighted by Crippen LogP contribution is 2.29. The average Bonchev–Trinajstić information content (AvgIpc) is 3.11. The van der Waals surface area contributed by atoms with Gasteiger partial charge >= 0.3 is 0 Å². The number of para-hydroxylation sites is 1. The van der Waals surface area contributed by atoms with Crippen LogP contribution in [-0.4, -0.2) is 17.4 Å². The van der Waals surface area contributed by atoms with E-state index in [0.717, 1.165) is 35.6 Å². The topological polar surface area (TPSA) is 33.2 Å². The summed E-state index contributed by atoms with van der Waals surface area (Å²) in [5.74, 6) is -0.00409.